The van der Waals surface area contributed by atoms with Gasteiger partial charge in [0.1, 0.15) is 11.7 Å². The maximum Gasteiger partial charge on any atom is 0.175 e. The van der Waals surface area contributed by atoms with E-state index < -0.39 is 0 Å². The smallest absolute Gasteiger partial charge is 0.175 e. The molecule has 0 amide bonds. The Morgan fingerprint density at radius 2 is 2.17 bits per heavy atom. The Bertz CT molecular complexity index is 598. The van der Waals surface area contributed by atoms with E-state index >= 15 is 0 Å². The van der Waals surface area contributed by atoms with E-state index in [-0.39, 0.29) is 0 Å². The largest absolute Gasteiger partial charge is 0.387 e. The van der Waals surface area contributed by atoms with Crippen LogP contribution in [0.4, 0.5) is 5.82 Å². The Morgan fingerprint density at radius 1 is 1.42 bits per heavy atom. The second-order valence-electron chi connectivity index (χ2n) is 6.79. The van der Waals surface area contributed by atoms with Gasteiger partial charge in [-0.1, -0.05) is 13.8 Å². The van der Waals surface area contributed by atoms with Gasteiger partial charge in [-0.05, 0) is 32.4 Å². The highest BCUT2D eigenvalue weighted by molar-refractivity contribution is 6.01. The summed E-state index contributed by atoms with van der Waals surface area (Å²) < 4.78 is 0. The highest BCUT2D eigenvalue weighted by atomic mass is 15.3. The molecule has 0 radical (unpaired) electrons. The van der Waals surface area contributed by atoms with Gasteiger partial charge in [0.25, 0.3) is 0 Å². The molecule has 1 aliphatic heterocycles. The van der Waals surface area contributed by atoms with E-state index in [4.69, 9.17) is 11.1 Å². The topological polar surface area (TPSA) is 97.4 Å². The Morgan fingerprint density at radius 3 is 2.83 bits per heavy atom. The standard InChI is InChI=1S/C17H29N7/c1-3-23(4-2)13-7-8-24(11-13)16(19)10-15(18)20-17-9-14(21-22-17)12-5-6-12/h9,12-13,19H,3-8,10-11H2,1-2H3,(H3,18,20,21,22). The Labute approximate surface area is 143 Å². The molecule has 1 saturated heterocycles. The number of rotatable bonds is 7. The summed E-state index contributed by atoms with van der Waals surface area (Å²) in [6.45, 7) is 8.37. The number of aliphatic imine (C=N–C) groups is 1. The lowest BCUT2D eigenvalue weighted by Crippen LogP contribution is -2.39. The molecule has 1 atom stereocenters. The van der Waals surface area contributed by atoms with Crippen LogP contribution in [0.3, 0.4) is 0 Å². The van der Waals surface area contributed by atoms with Gasteiger partial charge >= 0.3 is 0 Å². The van der Waals surface area contributed by atoms with Gasteiger partial charge in [-0.2, -0.15) is 5.10 Å². The number of nitrogens with one attached hydrogen (secondary N) is 2. The molecule has 2 fully saturated rings. The lowest BCUT2D eigenvalue weighted by molar-refractivity contribution is 0.223. The first-order valence-electron chi connectivity index (χ1n) is 9.05. The predicted molar refractivity (Wildman–Crippen MR) is 97.1 cm³/mol. The summed E-state index contributed by atoms with van der Waals surface area (Å²) in [4.78, 5) is 8.96. The van der Waals surface area contributed by atoms with Gasteiger partial charge in [-0.25, -0.2) is 4.99 Å². The van der Waals surface area contributed by atoms with Crippen LogP contribution in [-0.4, -0.2) is 63.9 Å². The first kappa shape index (κ1) is 17.0. The summed E-state index contributed by atoms with van der Waals surface area (Å²) in [5, 5.41) is 15.6. The number of H-pyrrole nitrogens is 1. The van der Waals surface area contributed by atoms with Gasteiger partial charge in [-0.15, -0.1) is 0 Å². The Balaban J connectivity index is 1.53. The van der Waals surface area contributed by atoms with Crippen molar-refractivity contribution >= 4 is 17.5 Å². The molecule has 24 heavy (non-hydrogen) atoms. The third kappa shape index (κ3) is 3.95. The SMILES string of the molecule is CCN(CC)C1CCN(C(=N)CC(N)=Nc2cc(C3CC3)[nH]n2)C1. The fourth-order valence-corrected chi connectivity index (χ4v) is 3.48. The van der Waals surface area contributed by atoms with Crippen LogP contribution in [-0.2, 0) is 0 Å². The van der Waals surface area contributed by atoms with Crippen LogP contribution in [0.25, 0.3) is 0 Å². The highest BCUT2D eigenvalue weighted by Crippen LogP contribution is 2.39. The zero-order chi connectivity index (χ0) is 17.1. The van der Waals surface area contributed by atoms with Gasteiger partial charge in [0, 0.05) is 36.8 Å². The van der Waals surface area contributed by atoms with Gasteiger partial charge < -0.3 is 10.6 Å². The zero-order valence-electron chi connectivity index (χ0n) is 14.8. The molecule has 0 spiro atoms. The van der Waals surface area contributed by atoms with Crippen molar-refractivity contribution in [2.24, 2.45) is 10.7 Å². The molecular weight excluding hydrogens is 302 g/mol. The number of nitrogens with zero attached hydrogens (tertiary/aromatic N) is 4. The van der Waals surface area contributed by atoms with Crippen LogP contribution in [0.5, 0.6) is 0 Å². The number of likely N-dealkylation sites (N-methyl/N-ethyl adjacent to an activating group) is 1. The molecule has 0 aromatic carbocycles. The lowest BCUT2D eigenvalue weighted by Gasteiger charge is -2.26. The van der Waals surface area contributed by atoms with E-state index in [9.17, 15) is 0 Å². The van der Waals surface area contributed by atoms with Crippen molar-refractivity contribution in [2.45, 2.75) is 51.5 Å². The molecule has 1 aliphatic carbocycles. The third-order valence-corrected chi connectivity index (χ3v) is 5.08. The molecule has 1 aromatic heterocycles. The molecule has 7 heteroatoms. The van der Waals surface area contributed by atoms with E-state index in [0.29, 0.717) is 35.9 Å². The first-order valence-corrected chi connectivity index (χ1v) is 9.05. The van der Waals surface area contributed by atoms with Crippen LogP contribution in [0.15, 0.2) is 11.1 Å². The van der Waals surface area contributed by atoms with Gasteiger partial charge in [-0.3, -0.25) is 15.4 Å². The molecule has 2 aliphatic rings. The fourth-order valence-electron chi connectivity index (χ4n) is 3.48. The molecule has 1 aromatic rings. The quantitative estimate of drug-likeness (QED) is 0.526. The number of hydrogen-bond donors (Lipinski definition) is 3. The maximum absolute atomic E-state index is 8.33. The van der Waals surface area contributed by atoms with E-state index in [0.717, 1.165) is 38.3 Å². The van der Waals surface area contributed by atoms with Crippen molar-refractivity contribution < 1.29 is 0 Å². The lowest BCUT2D eigenvalue weighted by atomic mass is 10.2. The van der Waals surface area contributed by atoms with Crippen molar-refractivity contribution in [3.8, 4) is 0 Å². The van der Waals surface area contributed by atoms with Gasteiger partial charge in [0.15, 0.2) is 5.82 Å². The molecule has 132 valence electrons. The minimum Gasteiger partial charge on any atom is -0.387 e. The van der Waals surface area contributed by atoms with Crippen LogP contribution in [0.2, 0.25) is 0 Å². The van der Waals surface area contributed by atoms with Gasteiger partial charge in [0.2, 0.25) is 0 Å². The number of likely N-dealkylation sites (tertiary alicyclic amines) is 1. The molecule has 4 N–H and O–H groups in total. The molecule has 1 saturated carbocycles. The van der Waals surface area contributed by atoms with E-state index in [1.165, 1.54) is 12.8 Å². The van der Waals surface area contributed by atoms with Crippen molar-refractivity contribution in [2.75, 3.05) is 26.2 Å². The van der Waals surface area contributed by atoms with Crippen LogP contribution in [0, 0.1) is 5.41 Å². The molecule has 7 nitrogen and oxygen atoms in total. The van der Waals surface area contributed by atoms with Crippen molar-refractivity contribution in [1.29, 1.82) is 5.41 Å². The molecule has 2 heterocycles. The second-order valence-corrected chi connectivity index (χ2v) is 6.79. The molecule has 0 bridgehead atoms. The van der Waals surface area contributed by atoms with E-state index in [1.54, 1.807) is 0 Å². The molecular formula is C17H29N7. The summed E-state index contributed by atoms with van der Waals surface area (Å²) in [7, 11) is 0. The fraction of sp³-hybridized carbons (Fsp3) is 0.706. The first-order chi connectivity index (χ1) is 11.6. The number of aromatic amines is 1. The normalized spacial score (nSPS) is 21.7. The van der Waals surface area contributed by atoms with Gasteiger partial charge in [0.05, 0.1) is 6.42 Å². The van der Waals surface area contributed by atoms with Crippen molar-refractivity contribution in [1.82, 2.24) is 20.0 Å². The monoisotopic (exact) mass is 331 g/mol. The summed E-state index contributed by atoms with van der Waals surface area (Å²) in [5.74, 6) is 2.27. The number of hydrogen-bond acceptors (Lipinski definition) is 4. The summed E-state index contributed by atoms with van der Waals surface area (Å²) in [6.07, 6.45) is 3.96. The second kappa shape index (κ2) is 7.34. The molecule has 1 unspecified atom stereocenters. The number of aromatic nitrogens is 2. The Kier molecular flexibility index (Phi) is 5.18. The summed E-state index contributed by atoms with van der Waals surface area (Å²) in [6, 6.07) is 2.52. The average Bonchev–Trinajstić information content (AvgIpc) is 3.11. The Hall–Kier alpha value is -1.89. The van der Waals surface area contributed by atoms with Crippen molar-refractivity contribution in [3.05, 3.63) is 11.8 Å². The predicted octanol–water partition coefficient (Wildman–Crippen LogP) is 2.06. The van der Waals surface area contributed by atoms with E-state index in [1.807, 2.05) is 6.07 Å². The molecule has 3 rings (SSSR count). The van der Waals surface area contributed by atoms with Crippen LogP contribution >= 0.6 is 0 Å². The summed E-state index contributed by atoms with van der Waals surface area (Å²) >= 11 is 0. The maximum atomic E-state index is 8.33. The highest BCUT2D eigenvalue weighted by Gasteiger charge is 2.28. The minimum absolute atomic E-state index is 0.386. The minimum atomic E-state index is 0.386. The van der Waals surface area contributed by atoms with E-state index in [2.05, 4.69) is 38.8 Å². The average molecular weight is 331 g/mol. The number of amidine groups is 2. The van der Waals surface area contributed by atoms with Crippen LogP contribution in [0.1, 0.15) is 51.1 Å². The third-order valence-electron chi connectivity index (χ3n) is 5.08. The number of nitrogens with two attached hydrogens (primary N) is 1. The summed E-state index contributed by atoms with van der Waals surface area (Å²) in [5.41, 5.74) is 7.19. The zero-order valence-corrected chi connectivity index (χ0v) is 14.8. The van der Waals surface area contributed by atoms with Crippen LogP contribution < -0.4 is 5.73 Å². The van der Waals surface area contributed by atoms with Crippen molar-refractivity contribution in [3.63, 3.8) is 0 Å².